The fourth-order valence-corrected chi connectivity index (χ4v) is 4.79. The standard InChI is InChI=1S/C31H36Br2N2O3/c1-21(2)34-30(37)27(17-22-9-7-6-8-10-22)35(19-23-11-14-25(32)15-12-23)29(36)20-38-28-16-13-24(18-26(28)33)31(3,4)5/h6-16,18,21,27H,17,19-20H2,1-5H3,(H,34,37)/t27-/m1/s1. The van der Waals surface area contributed by atoms with E-state index in [4.69, 9.17) is 4.74 Å². The second-order valence-corrected chi connectivity index (χ2v) is 12.5. The number of halogens is 2. The van der Waals surface area contributed by atoms with Crippen LogP contribution in [0.2, 0.25) is 0 Å². The maximum absolute atomic E-state index is 13.7. The molecule has 1 atom stereocenters. The highest BCUT2D eigenvalue weighted by atomic mass is 79.9. The van der Waals surface area contributed by atoms with Gasteiger partial charge in [0.2, 0.25) is 5.91 Å². The number of ether oxygens (including phenoxy) is 1. The van der Waals surface area contributed by atoms with Crippen LogP contribution in [0.15, 0.2) is 81.7 Å². The third-order valence-electron chi connectivity index (χ3n) is 6.12. The van der Waals surface area contributed by atoms with Gasteiger partial charge in [-0.3, -0.25) is 9.59 Å². The monoisotopic (exact) mass is 642 g/mol. The SMILES string of the molecule is CC(C)NC(=O)[C@@H](Cc1ccccc1)N(Cc1ccc(Br)cc1)C(=O)COc1ccc(C(C)(C)C)cc1Br. The van der Waals surface area contributed by atoms with Crippen LogP contribution in [0.5, 0.6) is 5.75 Å². The highest BCUT2D eigenvalue weighted by molar-refractivity contribution is 9.10. The van der Waals surface area contributed by atoms with Gasteiger partial charge in [-0.15, -0.1) is 0 Å². The van der Waals surface area contributed by atoms with Gasteiger partial charge < -0.3 is 15.0 Å². The summed E-state index contributed by atoms with van der Waals surface area (Å²) in [6.45, 7) is 10.4. The molecule has 0 saturated heterocycles. The van der Waals surface area contributed by atoms with E-state index in [2.05, 4.69) is 57.9 Å². The summed E-state index contributed by atoms with van der Waals surface area (Å²) in [5, 5.41) is 3.01. The van der Waals surface area contributed by atoms with Crippen molar-refractivity contribution >= 4 is 43.7 Å². The number of hydrogen-bond donors (Lipinski definition) is 1. The zero-order chi connectivity index (χ0) is 27.9. The van der Waals surface area contributed by atoms with Crippen LogP contribution in [0.1, 0.15) is 51.3 Å². The molecular formula is C31H36Br2N2O3. The van der Waals surface area contributed by atoms with Gasteiger partial charge in [0.05, 0.1) is 4.47 Å². The molecule has 5 nitrogen and oxygen atoms in total. The number of carbonyl (C=O) groups excluding carboxylic acids is 2. The van der Waals surface area contributed by atoms with Crippen LogP contribution in [-0.4, -0.2) is 35.4 Å². The van der Waals surface area contributed by atoms with Crippen molar-refractivity contribution in [2.75, 3.05) is 6.61 Å². The number of hydrogen-bond acceptors (Lipinski definition) is 3. The number of nitrogens with zero attached hydrogens (tertiary/aromatic N) is 1. The molecule has 0 saturated carbocycles. The van der Waals surface area contributed by atoms with Crippen molar-refractivity contribution in [3.05, 3.63) is 98.4 Å². The highest BCUT2D eigenvalue weighted by Gasteiger charge is 2.31. The normalized spacial score (nSPS) is 12.2. The first-order valence-electron chi connectivity index (χ1n) is 12.7. The summed E-state index contributed by atoms with van der Waals surface area (Å²) in [5.41, 5.74) is 3.06. The second-order valence-electron chi connectivity index (χ2n) is 10.7. The van der Waals surface area contributed by atoms with Gasteiger partial charge in [-0.1, -0.05) is 85.2 Å². The third kappa shape index (κ3) is 8.70. The van der Waals surface area contributed by atoms with Crippen molar-refractivity contribution in [3.8, 4) is 5.75 Å². The van der Waals surface area contributed by atoms with Crippen molar-refractivity contribution in [2.24, 2.45) is 0 Å². The molecule has 1 N–H and O–H groups in total. The molecule has 0 aliphatic heterocycles. The molecule has 0 aliphatic rings. The van der Waals surface area contributed by atoms with Gasteiger partial charge in [-0.05, 0) is 76.1 Å². The molecule has 0 unspecified atom stereocenters. The van der Waals surface area contributed by atoms with Crippen LogP contribution >= 0.6 is 31.9 Å². The van der Waals surface area contributed by atoms with E-state index in [1.165, 1.54) is 0 Å². The molecule has 0 heterocycles. The summed E-state index contributed by atoms with van der Waals surface area (Å²) in [5.74, 6) is 0.130. The van der Waals surface area contributed by atoms with Gasteiger partial charge in [-0.2, -0.15) is 0 Å². The maximum Gasteiger partial charge on any atom is 0.261 e. The van der Waals surface area contributed by atoms with E-state index in [1.54, 1.807) is 4.90 Å². The van der Waals surface area contributed by atoms with Crippen molar-refractivity contribution in [2.45, 2.75) is 65.1 Å². The minimum atomic E-state index is -0.703. The van der Waals surface area contributed by atoms with E-state index in [9.17, 15) is 9.59 Å². The predicted octanol–water partition coefficient (Wildman–Crippen LogP) is 7.05. The van der Waals surface area contributed by atoms with Gasteiger partial charge in [0, 0.05) is 23.5 Å². The fourth-order valence-electron chi connectivity index (χ4n) is 4.03. The summed E-state index contributed by atoms with van der Waals surface area (Å²) in [6.07, 6.45) is 0.394. The number of benzene rings is 3. The van der Waals surface area contributed by atoms with Crippen molar-refractivity contribution in [1.29, 1.82) is 0 Å². The average Bonchev–Trinajstić information content (AvgIpc) is 2.86. The lowest BCUT2D eigenvalue weighted by Crippen LogP contribution is -2.52. The largest absolute Gasteiger partial charge is 0.483 e. The van der Waals surface area contributed by atoms with E-state index in [-0.39, 0.29) is 36.4 Å². The molecule has 3 aromatic rings. The molecule has 2 amide bonds. The smallest absolute Gasteiger partial charge is 0.261 e. The molecule has 0 radical (unpaired) electrons. The summed E-state index contributed by atoms with van der Waals surface area (Å²) in [6, 6.07) is 22.7. The molecule has 3 rings (SSSR count). The first-order valence-corrected chi connectivity index (χ1v) is 14.3. The Balaban J connectivity index is 1.90. The lowest BCUT2D eigenvalue weighted by Gasteiger charge is -2.32. The Morgan fingerprint density at radius 3 is 2.16 bits per heavy atom. The minimum Gasteiger partial charge on any atom is -0.483 e. The van der Waals surface area contributed by atoms with E-state index in [0.29, 0.717) is 12.2 Å². The Morgan fingerprint density at radius 1 is 0.921 bits per heavy atom. The summed E-state index contributed by atoms with van der Waals surface area (Å²) < 4.78 is 7.72. The van der Waals surface area contributed by atoms with Gasteiger partial charge in [0.25, 0.3) is 5.91 Å². The number of rotatable bonds is 10. The van der Waals surface area contributed by atoms with E-state index < -0.39 is 6.04 Å². The first-order chi connectivity index (χ1) is 17.9. The molecule has 0 spiro atoms. The van der Waals surface area contributed by atoms with E-state index >= 15 is 0 Å². The lowest BCUT2D eigenvalue weighted by molar-refractivity contribution is -0.143. The third-order valence-corrected chi connectivity index (χ3v) is 7.27. The minimum absolute atomic E-state index is 0.00716. The number of carbonyl (C=O) groups is 2. The van der Waals surface area contributed by atoms with Crippen LogP contribution in [0, 0.1) is 0 Å². The van der Waals surface area contributed by atoms with Crippen molar-refractivity contribution in [1.82, 2.24) is 10.2 Å². The molecule has 202 valence electrons. The molecule has 3 aromatic carbocycles. The first kappa shape index (κ1) is 29.9. The van der Waals surface area contributed by atoms with Crippen LogP contribution in [0.4, 0.5) is 0 Å². The topological polar surface area (TPSA) is 58.6 Å². The maximum atomic E-state index is 13.7. The molecule has 7 heteroatoms. The fraction of sp³-hybridized carbons (Fsp3) is 0.355. The molecule has 0 bridgehead atoms. The molecule has 0 aromatic heterocycles. The van der Waals surface area contributed by atoms with Gasteiger partial charge in [0.1, 0.15) is 11.8 Å². The zero-order valence-corrected chi connectivity index (χ0v) is 25.8. The molecule has 0 aliphatic carbocycles. The van der Waals surface area contributed by atoms with Gasteiger partial charge in [0.15, 0.2) is 6.61 Å². The van der Waals surface area contributed by atoms with Crippen LogP contribution in [0.3, 0.4) is 0 Å². The molecule has 0 fully saturated rings. The number of nitrogens with one attached hydrogen (secondary N) is 1. The highest BCUT2D eigenvalue weighted by Crippen LogP contribution is 2.31. The predicted molar refractivity (Wildman–Crippen MR) is 160 cm³/mol. The van der Waals surface area contributed by atoms with E-state index in [1.807, 2.05) is 86.6 Å². The van der Waals surface area contributed by atoms with Crippen molar-refractivity contribution < 1.29 is 14.3 Å². The zero-order valence-electron chi connectivity index (χ0n) is 22.6. The Bertz CT molecular complexity index is 1220. The Kier molecular flexibility index (Phi) is 10.6. The summed E-state index contributed by atoms with van der Waals surface area (Å²) >= 11 is 7.06. The van der Waals surface area contributed by atoms with Crippen LogP contribution < -0.4 is 10.1 Å². The van der Waals surface area contributed by atoms with Gasteiger partial charge >= 0.3 is 0 Å². The quantitative estimate of drug-likeness (QED) is 0.258. The van der Waals surface area contributed by atoms with Crippen LogP contribution in [-0.2, 0) is 28.0 Å². The summed E-state index contributed by atoms with van der Waals surface area (Å²) in [7, 11) is 0. The summed E-state index contributed by atoms with van der Waals surface area (Å²) in [4.78, 5) is 28.8. The van der Waals surface area contributed by atoms with Crippen LogP contribution in [0.25, 0.3) is 0 Å². The Hall–Kier alpha value is -2.64. The Labute approximate surface area is 243 Å². The van der Waals surface area contributed by atoms with Gasteiger partial charge in [-0.25, -0.2) is 0 Å². The Morgan fingerprint density at radius 2 is 1.58 bits per heavy atom. The van der Waals surface area contributed by atoms with E-state index in [0.717, 1.165) is 25.6 Å². The number of amides is 2. The molecule has 38 heavy (non-hydrogen) atoms. The second kappa shape index (κ2) is 13.4. The molecular weight excluding hydrogens is 608 g/mol. The van der Waals surface area contributed by atoms with Crippen molar-refractivity contribution in [3.63, 3.8) is 0 Å². The lowest BCUT2D eigenvalue weighted by atomic mass is 9.87. The average molecular weight is 644 g/mol.